The summed E-state index contributed by atoms with van der Waals surface area (Å²) in [5.41, 5.74) is 17.7. The van der Waals surface area contributed by atoms with E-state index in [1.165, 1.54) is 44.2 Å². The van der Waals surface area contributed by atoms with Crippen LogP contribution in [0.25, 0.3) is 66.6 Å². The van der Waals surface area contributed by atoms with Crippen LogP contribution in [0.5, 0.6) is 0 Å². The summed E-state index contributed by atoms with van der Waals surface area (Å²) < 4.78 is 0. The molecule has 8 bridgehead atoms. The number of aromatic nitrogens is 2. The van der Waals surface area contributed by atoms with Crippen molar-refractivity contribution in [2.75, 3.05) is 0 Å². The van der Waals surface area contributed by atoms with Crippen LogP contribution in [0.15, 0.2) is 54.6 Å². The Balaban J connectivity index is 0.00000343. The first kappa shape index (κ1) is 30.6. The molecular formula is C41H39AuN2. The van der Waals surface area contributed by atoms with E-state index in [0.29, 0.717) is 0 Å². The van der Waals surface area contributed by atoms with Crippen LogP contribution in [0.1, 0.15) is 74.9 Å². The monoisotopic (exact) mass is 756 g/mol. The summed E-state index contributed by atoms with van der Waals surface area (Å²) in [6.45, 7) is 22.5. The van der Waals surface area contributed by atoms with Gasteiger partial charge in [0, 0.05) is 5.69 Å². The Morgan fingerprint density at radius 3 is 1.57 bits per heavy atom. The van der Waals surface area contributed by atoms with Gasteiger partial charge < -0.3 is 4.98 Å². The maximum Gasteiger partial charge on any atom is 3.00 e. The molecule has 3 heteroatoms. The van der Waals surface area contributed by atoms with E-state index in [-0.39, 0.29) is 33.2 Å². The van der Waals surface area contributed by atoms with Gasteiger partial charge in [0.05, 0.1) is 5.69 Å². The Hall–Kier alpha value is -3.43. The molecule has 1 aliphatic heterocycles. The molecule has 0 saturated heterocycles. The van der Waals surface area contributed by atoms with Crippen LogP contribution in [-0.4, -0.2) is 4.98 Å². The van der Waals surface area contributed by atoms with Gasteiger partial charge in [-0.3, -0.25) is 4.98 Å². The number of hydrogen-bond donors (Lipinski definition) is 0. The zero-order chi connectivity index (χ0) is 30.6. The maximum absolute atomic E-state index is 5.48. The standard InChI is InChI=1S/C41H39N2.Au/c1-22-14-24(3)30-20-28(22)29-21-31(25(4)15-23(29)2)36-12-11-13-37(42-36)35-19-27(41(8,9)10)18-34-33-17-26(40(5,6)7)16-32(30)38(33)43-39(34)35;/h11-19H,1-10H3;/q-3;+3. The minimum absolute atomic E-state index is 0. The number of pyridine rings is 1. The summed E-state index contributed by atoms with van der Waals surface area (Å²) in [5, 5.41) is 2.39. The second kappa shape index (κ2) is 10.3. The minimum atomic E-state index is -0.0377. The van der Waals surface area contributed by atoms with Crippen molar-refractivity contribution in [3.8, 4) is 44.8 Å². The molecule has 0 amide bonds. The molecule has 0 fully saturated rings. The van der Waals surface area contributed by atoms with E-state index in [9.17, 15) is 0 Å². The molecule has 2 nitrogen and oxygen atoms in total. The Bertz CT molecular complexity index is 2130. The maximum atomic E-state index is 5.48. The third-order valence-electron chi connectivity index (χ3n) is 9.21. The molecule has 2 aromatic heterocycles. The van der Waals surface area contributed by atoms with Gasteiger partial charge in [-0.1, -0.05) is 111 Å². The van der Waals surface area contributed by atoms with Crippen LogP contribution in [0.3, 0.4) is 0 Å². The van der Waals surface area contributed by atoms with Crippen molar-refractivity contribution in [2.24, 2.45) is 0 Å². The largest absolute Gasteiger partial charge is 3.00 e. The molecule has 0 aliphatic carbocycles. The summed E-state index contributed by atoms with van der Waals surface area (Å²) in [6.07, 6.45) is 0. The van der Waals surface area contributed by atoms with E-state index < -0.39 is 0 Å². The van der Waals surface area contributed by atoms with E-state index >= 15 is 0 Å². The van der Waals surface area contributed by atoms with Gasteiger partial charge in [0.2, 0.25) is 0 Å². The zero-order valence-electron chi connectivity index (χ0n) is 27.4. The normalized spacial score (nSPS) is 12.6. The van der Waals surface area contributed by atoms with Gasteiger partial charge in [-0.15, -0.1) is 51.0 Å². The van der Waals surface area contributed by atoms with Gasteiger partial charge in [-0.2, -0.15) is 28.8 Å². The van der Waals surface area contributed by atoms with Crippen molar-refractivity contribution in [3.63, 3.8) is 0 Å². The van der Waals surface area contributed by atoms with E-state index in [1.54, 1.807) is 0 Å². The predicted octanol–water partition coefficient (Wildman–Crippen LogP) is 10.8. The fraction of sp³-hybridized carbons (Fsp3) is 0.293. The first-order chi connectivity index (χ1) is 20.2. The van der Waals surface area contributed by atoms with Gasteiger partial charge in [-0.25, -0.2) is 0 Å². The Labute approximate surface area is 277 Å². The average molecular weight is 757 g/mol. The molecule has 4 aromatic carbocycles. The van der Waals surface area contributed by atoms with Crippen molar-refractivity contribution < 1.29 is 22.4 Å². The van der Waals surface area contributed by atoms with Crippen LogP contribution in [0.2, 0.25) is 0 Å². The molecule has 44 heavy (non-hydrogen) atoms. The number of benzene rings is 4. The van der Waals surface area contributed by atoms with Crippen molar-refractivity contribution >= 4 is 21.8 Å². The molecule has 0 atom stereocenters. The van der Waals surface area contributed by atoms with Gasteiger partial charge in [-0.05, 0) is 44.4 Å². The second-order valence-electron chi connectivity index (χ2n) is 14.6. The molecule has 0 saturated carbocycles. The number of hydrogen-bond acceptors (Lipinski definition) is 1. The molecule has 6 aromatic rings. The summed E-state index contributed by atoms with van der Waals surface area (Å²) in [4.78, 5) is 10.8. The molecule has 1 aliphatic rings. The third-order valence-corrected chi connectivity index (χ3v) is 9.21. The topological polar surface area (TPSA) is 27.0 Å². The summed E-state index contributed by atoms with van der Waals surface area (Å²) in [6, 6.07) is 28.1. The average Bonchev–Trinajstić information content (AvgIpc) is 3.30. The van der Waals surface area contributed by atoms with Crippen molar-refractivity contribution in [1.29, 1.82) is 0 Å². The smallest absolute Gasteiger partial charge is 0.662 e. The van der Waals surface area contributed by atoms with Gasteiger partial charge in [0.25, 0.3) is 0 Å². The molecule has 0 radical (unpaired) electrons. The summed E-state index contributed by atoms with van der Waals surface area (Å²) >= 11 is 0. The van der Waals surface area contributed by atoms with Crippen molar-refractivity contribution in [2.45, 2.75) is 80.1 Å². The fourth-order valence-electron chi connectivity index (χ4n) is 6.66. The van der Waals surface area contributed by atoms with Crippen LogP contribution in [0, 0.1) is 39.8 Å². The predicted molar refractivity (Wildman–Crippen MR) is 182 cm³/mol. The van der Waals surface area contributed by atoms with Gasteiger partial charge >= 0.3 is 22.4 Å². The van der Waals surface area contributed by atoms with Gasteiger partial charge in [0.1, 0.15) is 0 Å². The van der Waals surface area contributed by atoms with E-state index in [1.807, 2.05) is 0 Å². The quantitative estimate of drug-likeness (QED) is 0.114. The van der Waals surface area contributed by atoms with Crippen molar-refractivity contribution in [3.05, 3.63) is 100 Å². The minimum Gasteiger partial charge on any atom is -0.662 e. The van der Waals surface area contributed by atoms with E-state index in [2.05, 4.69) is 136 Å². The summed E-state index contributed by atoms with van der Waals surface area (Å²) in [7, 11) is 0. The molecule has 224 valence electrons. The summed E-state index contributed by atoms with van der Waals surface area (Å²) in [5.74, 6) is 0. The molecule has 7 rings (SSSR count). The first-order valence-electron chi connectivity index (χ1n) is 15.4. The van der Waals surface area contributed by atoms with E-state index in [4.69, 9.17) is 9.97 Å². The Kier molecular flexibility index (Phi) is 7.17. The SMILES string of the molecule is Cc1cc(C)c2[c-]c1-c1cccc(n1)-c1cc(C(C)(C)C)cc3c1[n-]c1c(cc(C(C)(C)C)cc13)-c1[c-]c-2c(C)cc1C.[Au+3]. The van der Waals surface area contributed by atoms with Crippen molar-refractivity contribution in [1.82, 2.24) is 9.97 Å². The molecule has 0 N–H and O–H groups in total. The molecule has 0 unspecified atom stereocenters. The third kappa shape index (κ3) is 4.79. The molecule has 3 heterocycles. The van der Waals surface area contributed by atoms with Crippen LogP contribution in [-0.2, 0) is 33.2 Å². The Morgan fingerprint density at radius 2 is 1.00 bits per heavy atom. The number of nitrogens with zero attached hydrogens (tertiary/aromatic N) is 2. The molecule has 0 spiro atoms. The van der Waals surface area contributed by atoms with Gasteiger partial charge in [0.15, 0.2) is 0 Å². The second-order valence-corrected chi connectivity index (χ2v) is 14.6. The van der Waals surface area contributed by atoms with Crippen LogP contribution in [0.4, 0.5) is 0 Å². The zero-order valence-corrected chi connectivity index (χ0v) is 29.6. The first-order valence-corrected chi connectivity index (χ1v) is 15.4. The number of aryl methyl sites for hydroxylation is 4. The van der Waals surface area contributed by atoms with Crippen LogP contribution < -0.4 is 4.98 Å². The molecular weight excluding hydrogens is 717 g/mol. The number of fused-ring (bicyclic) bond motifs is 11. The fourth-order valence-corrected chi connectivity index (χ4v) is 6.66. The number of rotatable bonds is 0. The van der Waals surface area contributed by atoms with Crippen LogP contribution >= 0.6 is 0 Å². The van der Waals surface area contributed by atoms with E-state index in [0.717, 1.165) is 55.8 Å². The Morgan fingerprint density at radius 1 is 0.545 bits per heavy atom.